The molecular weight excluding hydrogens is 124 g/mol. The standard InChI is InChI=1S/C9H18O/c1-4-8(2)9(3)6-5-7-10/h7-9H,4-6H2,1-3H3. The second kappa shape index (κ2) is 5.45. The summed E-state index contributed by atoms with van der Waals surface area (Å²) in [5, 5.41) is 0. The Balaban J connectivity index is 3.40. The van der Waals surface area contributed by atoms with Crippen LogP contribution in [0.2, 0.25) is 0 Å². The van der Waals surface area contributed by atoms with E-state index in [-0.39, 0.29) is 0 Å². The molecule has 2 unspecified atom stereocenters. The summed E-state index contributed by atoms with van der Waals surface area (Å²) in [4.78, 5) is 10.0. The normalized spacial score (nSPS) is 16.3. The number of hydrogen-bond donors (Lipinski definition) is 0. The summed E-state index contributed by atoms with van der Waals surface area (Å²) in [5.74, 6) is 1.47. The van der Waals surface area contributed by atoms with E-state index < -0.39 is 0 Å². The highest BCUT2D eigenvalue weighted by Gasteiger charge is 2.08. The van der Waals surface area contributed by atoms with Crippen LogP contribution >= 0.6 is 0 Å². The maximum Gasteiger partial charge on any atom is 0.120 e. The molecule has 0 radical (unpaired) electrons. The molecule has 0 heterocycles. The zero-order chi connectivity index (χ0) is 7.98. The first kappa shape index (κ1) is 9.67. The van der Waals surface area contributed by atoms with Crippen molar-refractivity contribution in [2.24, 2.45) is 11.8 Å². The van der Waals surface area contributed by atoms with Gasteiger partial charge >= 0.3 is 0 Å². The van der Waals surface area contributed by atoms with Gasteiger partial charge in [0.2, 0.25) is 0 Å². The summed E-state index contributed by atoms with van der Waals surface area (Å²) in [6, 6.07) is 0. The third-order valence-corrected chi connectivity index (χ3v) is 2.36. The van der Waals surface area contributed by atoms with Gasteiger partial charge in [-0.15, -0.1) is 0 Å². The molecule has 0 aliphatic heterocycles. The van der Waals surface area contributed by atoms with Gasteiger partial charge < -0.3 is 4.79 Å². The molecule has 0 aliphatic carbocycles. The number of aldehydes is 1. The van der Waals surface area contributed by atoms with Crippen molar-refractivity contribution in [1.29, 1.82) is 0 Å². The van der Waals surface area contributed by atoms with E-state index >= 15 is 0 Å². The maximum atomic E-state index is 10.0. The fourth-order valence-corrected chi connectivity index (χ4v) is 1.02. The van der Waals surface area contributed by atoms with Crippen LogP contribution in [-0.4, -0.2) is 6.29 Å². The van der Waals surface area contributed by atoms with E-state index in [0.717, 1.165) is 25.0 Å². The minimum atomic E-state index is 0.704. The first-order chi connectivity index (χ1) is 4.72. The molecule has 0 aromatic carbocycles. The minimum absolute atomic E-state index is 0.704. The first-order valence-electron chi connectivity index (χ1n) is 4.16. The van der Waals surface area contributed by atoms with Gasteiger partial charge in [0, 0.05) is 6.42 Å². The Morgan fingerprint density at radius 2 is 1.90 bits per heavy atom. The summed E-state index contributed by atoms with van der Waals surface area (Å²) < 4.78 is 0. The molecule has 0 aromatic heterocycles. The van der Waals surface area contributed by atoms with E-state index in [4.69, 9.17) is 0 Å². The van der Waals surface area contributed by atoms with Gasteiger partial charge in [0.05, 0.1) is 0 Å². The second-order valence-electron chi connectivity index (χ2n) is 3.11. The summed E-state index contributed by atoms with van der Waals surface area (Å²) >= 11 is 0. The van der Waals surface area contributed by atoms with Crippen LogP contribution in [0.15, 0.2) is 0 Å². The van der Waals surface area contributed by atoms with Crippen LogP contribution < -0.4 is 0 Å². The van der Waals surface area contributed by atoms with Crippen LogP contribution in [0.25, 0.3) is 0 Å². The summed E-state index contributed by atoms with van der Waals surface area (Å²) in [7, 11) is 0. The summed E-state index contributed by atoms with van der Waals surface area (Å²) in [6.45, 7) is 6.66. The van der Waals surface area contributed by atoms with Gasteiger partial charge in [0.25, 0.3) is 0 Å². The molecule has 0 amide bonds. The Morgan fingerprint density at radius 1 is 1.30 bits per heavy atom. The van der Waals surface area contributed by atoms with E-state index in [0.29, 0.717) is 5.92 Å². The lowest BCUT2D eigenvalue weighted by atomic mass is 9.90. The molecule has 10 heavy (non-hydrogen) atoms. The Bertz CT molecular complexity index is 88.7. The molecule has 0 N–H and O–H groups in total. The van der Waals surface area contributed by atoms with Crippen molar-refractivity contribution in [3.05, 3.63) is 0 Å². The minimum Gasteiger partial charge on any atom is -0.303 e. The zero-order valence-corrected chi connectivity index (χ0v) is 7.26. The second-order valence-corrected chi connectivity index (χ2v) is 3.11. The molecular formula is C9H18O. The quantitative estimate of drug-likeness (QED) is 0.539. The maximum absolute atomic E-state index is 10.0. The molecule has 0 saturated heterocycles. The molecule has 1 heteroatoms. The monoisotopic (exact) mass is 142 g/mol. The van der Waals surface area contributed by atoms with E-state index in [1.54, 1.807) is 0 Å². The largest absolute Gasteiger partial charge is 0.303 e. The van der Waals surface area contributed by atoms with Crippen LogP contribution in [0, 0.1) is 11.8 Å². The molecule has 2 atom stereocenters. The number of rotatable bonds is 5. The van der Waals surface area contributed by atoms with Gasteiger partial charge in [-0.2, -0.15) is 0 Å². The first-order valence-corrected chi connectivity index (χ1v) is 4.16. The van der Waals surface area contributed by atoms with Crippen molar-refractivity contribution in [1.82, 2.24) is 0 Å². The number of carbonyl (C=O) groups is 1. The lowest BCUT2D eigenvalue weighted by Crippen LogP contribution is -2.06. The van der Waals surface area contributed by atoms with E-state index in [1.165, 1.54) is 6.42 Å². The van der Waals surface area contributed by atoms with Crippen molar-refractivity contribution in [2.45, 2.75) is 40.0 Å². The molecule has 1 nitrogen and oxygen atoms in total. The topological polar surface area (TPSA) is 17.1 Å². The number of carbonyl (C=O) groups excluding carboxylic acids is 1. The Morgan fingerprint density at radius 3 is 2.30 bits per heavy atom. The molecule has 0 fully saturated rings. The van der Waals surface area contributed by atoms with Gasteiger partial charge in [-0.3, -0.25) is 0 Å². The van der Waals surface area contributed by atoms with Crippen molar-refractivity contribution in [2.75, 3.05) is 0 Å². The summed E-state index contributed by atoms with van der Waals surface area (Å²) in [6.07, 6.45) is 4.02. The highest BCUT2D eigenvalue weighted by Crippen LogP contribution is 2.18. The van der Waals surface area contributed by atoms with Crippen LogP contribution in [0.3, 0.4) is 0 Å². The molecule has 0 aliphatic rings. The van der Waals surface area contributed by atoms with Gasteiger partial charge in [0.15, 0.2) is 0 Å². The Labute approximate surface area is 63.8 Å². The average Bonchev–Trinajstić information content (AvgIpc) is 1.98. The number of hydrogen-bond acceptors (Lipinski definition) is 1. The third-order valence-electron chi connectivity index (χ3n) is 2.36. The summed E-state index contributed by atoms with van der Waals surface area (Å²) in [5.41, 5.74) is 0. The van der Waals surface area contributed by atoms with Crippen LogP contribution in [0.5, 0.6) is 0 Å². The van der Waals surface area contributed by atoms with Gasteiger partial charge in [-0.1, -0.05) is 27.2 Å². The van der Waals surface area contributed by atoms with Gasteiger partial charge in [0.1, 0.15) is 6.29 Å². The van der Waals surface area contributed by atoms with Crippen molar-refractivity contribution in [3.8, 4) is 0 Å². The Kier molecular flexibility index (Phi) is 5.27. The fourth-order valence-electron chi connectivity index (χ4n) is 1.02. The highest BCUT2D eigenvalue weighted by atomic mass is 16.1. The van der Waals surface area contributed by atoms with Gasteiger partial charge in [-0.05, 0) is 18.3 Å². The molecule has 60 valence electrons. The van der Waals surface area contributed by atoms with E-state index in [9.17, 15) is 4.79 Å². The third kappa shape index (κ3) is 3.65. The molecule has 0 aromatic rings. The van der Waals surface area contributed by atoms with Crippen molar-refractivity contribution < 1.29 is 4.79 Å². The molecule has 0 saturated carbocycles. The fraction of sp³-hybridized carbons (Fsp3) is 0.889. The predicted molar refractivity (Wildman–Crippen MR) is 43.9 cm³/mol. The van der Waals surface area contributed by atoms with Gasteiger partial charge in [-0.25, -0.2) is 0 Å². The van der Waals surface area contributed by atoms with E-state index in [1.807, 2.05) is 0 Å². The van der Waals surface area contributed by atoms with Crippen LogP contribution in [0.1, 0.15) is 40.0 Å². The Hall–Kier alpha value is -0.330. The van der Waals surface area contributed by atoms with Crippen LogP contribution in [-0.2, 0) is 4.79 Å². The van der Waals surface area contributed by atoms with Crippen molar-refractivity contribution >= 4 is 6.29 Å². The molecule has 0 rings (SSSR count). The SMILES string of the molecule is CCC(C)C(C)CCC=O. The highest BCUT2D eigenvalue weighted by molar-refractivity contribution is 5.49. The lowest BCUT2D eigenvalue weighted by Gasteiger charge is -2.16. The van der Waals surface area contributed by atoms with Crippen LogP contribution in [0.4, 0.5) is 0 Å². The molecule has 0 bridgehead atoms. The molecule has 0 spiro atoms. The lowest BCUT2D eigenvalue weighted by molar-refractivity contribution is -0.108. The average molecular weight is 142 g/mol. The van der Waals surface area contributed by atoms with Crippen molar-refractivity contribution in [3.63, 3.8) is 0 Å². The smallest absolute Gasteiger partial charge is 0.120 e. The predicted octanol–water partition coefficient (Wildman–Crippen LogP) is 2.65. The van der Waals surface area contributed by atoms with E-state index in [2.05, 4.69) is 20.8 Å². The zero-order valence-electron chi connectivity index (χ0n) is 7.26.